The first-order valence-corrected chi connectivity index (χ1v) is 3.19. The van der Waals surface area contributed by atoms with Gasteiger partial charge < -0.3 is 10.2 Å². The van der Waals surface area contributed by atoms with Crippen molar-refractivity contribution in [3.05, 3.63) is 12.2 Å². The molecule has 2 N–H and O–H groups in total. The first kappa shape index (κ1) is 10.3. The number of hydrogen-bond acceptors (Lipinski definition) is 3. The van der Waals surface area contributed by atoms with E-state index in [9.17, 15) is 14.4 Å². The Balaban J connectivity index is 3.70. The summed E-state index contributed by atoms with van der Waals surface area (Å²) in [6.07, 6.45) is 2.13. The van der Waals surface area contributed by atoms with E-state index in [0.717, 1.165) is 6.08 Å². The van der Waals surface area contributed by atoms with Crippen molar-refractivity contribution >= 4 is 17.7 Å². The highest BCUT2D eigenvalue weighted by atomic mass is 16.4. The molecule has 0 rings (SSSR count). The fourth-order valence-corrected chi connectivity index (χ4v) is 0.468. The van der Waals surface area contributed by atoms with E-state index in [0.29, 0.717) is 0 Å². The van der Waals surface area contributed by atoms with Gasteiger partial charge in [0, 0.05) is 6.42 Å². The van der Waals surface area contributed by atoms with Crippen molar-refractivity contribution < 1.29 is 24.6 Å². The number of carbonyl (C=O) groups is 3. The maximum atomic E-state index is 10.4. The summed E-state index contributed by atoms with van der Waals surface area (Å²) in [5.74, 6) is -3.57. The molecule has 0 unspecified atom stereocenters. The summed E-state index contributed by atoms with van der Waals surface area (Å²) in [4.78, 5) is 30.2. The maximum Gasteiger partial charge on any atom is 0.376 e. The molecular weight excluding hydrogens is 164 g/mol. The second-order valence-corrected chi connectivity index (χ2v) is 2.00. The van der Waals surface area contributed by atoms with Crippen molar-refractivity contribution in [2.45, 2.75) is 12.8 Å². The quantitative estimate of drug-likeness (QED) is 0.452. The summed E-state index contributed by atoms with van der Waals surface area (Å²) in [6.45, 7) is 0. The summed E-state index contributed by atoms with van der Waals surface area (Å²) in [5.41, 5.74) is 0. The number of carboxylic acid groups (broad SMARTS) is 2. The summed E-state index contributed by atoms with van der Waals surface area (Å²) in [7, 11) is 0. The van der Waals surface area contributed by atoms with Crippen molar-refractivity contribution in [1.82, 2.24) is 0 Å². The van der Waals surface area contributed by atoms with Gasteiger partial charge in [0.2, 0.25) is 0 Å². The average Bonchev–Trinajstić information content (AvgIpc) is 1.97. The molecule has 0 aliphatic heterocycles. The molecule has 0 heterocycles. The van der Waals surface area contributed by atoms with Crippen molar-refractivity contribution in [2.75, 3.05) is 0 Å². The van der Waals surface area contributed by atoms with Crippen LogP contribution in [-0.4, -0.2) is 27.9 Å². The van der Waals surface area contributed by atoms with Crippen molar-refractivity contribution in [3.63, 3.8) is 0 Å². The molecule has 0 bridgehead atoms. The van der Waals surface area contributed by atoms with E-state index in [1.54, 1.807) is 0 Å². The van der Waals surface area contributed by atoms with Crippen LogP contribution in [0.2, 0.25) is 0 Å². The molecule has 0 aliphatic rings. The lowest BCUT2D eigenvalue weighted by Crippen LogP contribution is -2.08. The molecule has 0 radical (unpaired) electrons. The van der Waals surface area contributed by atoms with Gasteiger partial charge in [-0.05, 0) is 12.5 Å². The largest absolute Gasteiger partial charge is 0.481 e. The molecule has 5 nitrogen and oxygen atoms in total. The number of rotatable bonds is 5. The van der Waals surface area contributed by atoms with E-state index >= 15 is 0 Å². The van der Waals surface area contributed by atoms with Gasteiger partial charge >= 0.3 is 11.9 Å². The third-order valence-electron chi connectivity index (χ3n) is 1.00. The minimum Gasteiger partial charge on any atom is -0.481 e. The van der Waals surface area contributed by atoms with Crippen LogP contribution in [0.1, 0.15) is 12.8 Å². The van der Waals surface area contributed by atoms with Crippen molar-refractivity contribution in [3.8, 4) is 0 Å². The highest BCUT2D eigenvalue weighted by molar-refractivity contribution is 6.37. The molecule has 0 amide bonds. The van der Waals surface area contributed by atoms with E-state index in [-0.39, 0.29) is 12.8 Å². The first-order chi connectivity index (χ1) is 5.54. The Labute approximate surface area is 68.3 Å². The zero-order valence-electron chi connectivity index (χ0n) is 6.19. The van der Waals surface area contributed by atoms with E-state index in [2.05, 4.69) is 0 Å². The van der Waals surface area contributed by atoms with Crippen LogP contribution in [0.25, 0.3) is 0 Å². The lowest BCUT2D eigenvalue weighted by Gasteiger charge is -1.86. The van der Waals surface area contributed by atoms with Gasteiger partial charge in [0.05, 0.1) is 0 Å². The Morgan fingerprint density at radius 1 is 1.17 bits per heavy atom. The Hall–Kier alpha value is -1.65. The highest BCUT2D eigenvalue weighted by Crippen LogP contribution is 1.90. The van der Waals surface area contributed by atoms with Gasteiger partial charge in [0.25, 0.3) is 5.78 Å². The summed E-state index contributed by atoms with van der Waals surface area (Å²) >= 11 is 0. The van der Waals surface area contributed by atoms with Gasteiger partial charge in [0.15, 0.2) is 0 Å². The predicted octanol–water partition coefficient (Wildman–Crippen LogP) is 0.0611. The molecule has 0 fully saturated rings. The lowest BCUT2D eigenvalue weighted by atomic mass is 10.2. The predicted molar refractivity (Wildman–Crippen MR) is 38.7 cm³/mol. The van der Waals surface area contributed by atoms with Gasteiger partial charge in [-0.2, -0.15) is 0 Å². The Morgan fingerprint density at radius 2 is 1.75 bits per heavy atom. The van der Waals surface area contributed by atoms with Crippen LogP contribution in [-0.2, 0) is 14.4 Å². The number of carboxylic acids is 2. The van der Waals surface area contributed by atoms with Crippen molar-refractivity contribution in [2.24, 2.45) is 0 Å². The normalized spacial score (nSPS) is 10.0. The maximum absolute atomic E-state index is 10.4. The molecule has 0 saturated carbocycles. The fraction of sp³-hybridized carbons (Fsp3) is 0.286. The highest BCUT2D eigenvalue weighted by Gasteiger charge is 2.04. The Bertz CT molecular complexity index is 228. The molecule has 66 valence electrons. The standard InChI is InChI=1S/C7H8O5/c8-5(7(11)12)3-1-2-4-6(9)10/h1,3H,2,4H2,(H,9,10)(H,11,12)/b3-1+. The monoisotopic (exact) mass is 172 g/mol. The van der Waals surface area contributed by atoms with Crippen LogP contribution < -0.4 is 0 Å². The number of carbonyl (C=O) groups excluding carboxylic acids is 1. The van der Waals surface area contributed by atoms with Gasteiger partial charge in [-0.3, -0.25) is 9.59 Å². The SMILES string of the molecule is O=C(O)CC/C=C/C(=O)C(=O)O. The molecule has 0 aromatic heterocycles. The van der Waals surface area contributed by atoms with Gasteiger partial charge in [-0.15, -0.1) is 0 Å². The van der Waals surface area contributed by atoms with E-state index in [1.165, 1.54) is 6.08 Å². The Kier molecular flexibility index (Phi) is 4.36. The third kappa shape index (κ3) is 5.16. The number of allylic oxidation sites excluding steroid dienone is 1. The zero-order valence-corrected chi connectivity index (χ0v) is 6.19. The minimum atomic E-state index is -1.54. The summed E-state index contributed by atoms with van der Waals surface area (Å²) < 4.78 is 0. The third-order valence-corrected chi connectivity index (χ3v) is 1.00. The minimum absolute atomic E-state index is 0.108. The van der Waals surface area contributed by atoms with Gasteiger partial charge in [0.1, 0.15) is 0 Å². The van der Waals surface area contributed by atoms with Gasteiger partial charge in [-0.25, -0.2) is 4.79 Å². The van der Waals surface area contributed by atoms with E-state index < -0.39 is 17.7 Å². The van der Waals surface area contributed by atoms with Crippen LogP contribution in [0.15, 0.2) is 12.2 Å². The van der Waals surface area contributed by atoms with Crippen LogP contribution in [0, 0.1) is 0 Å². The molecule has 0 aliphatic carbocycles. The smallest absolute Gasteiger partial charge is 0.376 e. The summed E-state index contributed by atoms with van der Waals surface area (Å²) in [5, 5.41) is 16.2. The van der Waals surface area contributed by atoms with Crippen LogP contribution in [0.5, 0.6) is 0 Å². The number of hydrogen-bond donors (Lipinski definition) is 2. The molecular formula is C7H8O5. The van der Waals surface area contributed by atoms with Crippen LogP contribution in [0.4, 0.5) is 0 Å². The summed E-state index contributed by atoms with van der Waals surface area (Å²) in [6, 6.07) is 0. The van der Waals surface area contributed by atoms with E-state index in [4.69, 9.17) is 10.2 Å². The van der Waals surface area contributed by atoms with Crippen LogP contribution in [0.3, 0.4) is 0 Å². The second-order valence-electron chi connectivity index (χ2n) is 2.00. The molecule has 0 aromatic carbocycles. The van der Waals surface area contributed by atoms with E-state index in [1.807, 2.05) is 0 Å². The lowest BCUT2D eigenvalue weighted by molar-refractivity contribution is -0.146. The molecule has 0 spiro atoms. The zero-order chi connectivity index (χ0) is 9.56. The molecule has 0 atom stereocenters. The van der Waals surface area contributed by atoms with Crippen molar-refractivity contribution in [1.29, 1.82) is 0 Å². The Morgan fingerprint density at radius 3 is 2.17 bits per heavy atom. The topological polar surface area (TPSA) is 91.7 Å². The molecule has 12 heavy (non-hydrogen) atoms. The second kappa shape index (κ2) is 5.06. The van der Waals surface area contributed by atoms with Crippen LogP contribution >= 0.6 is 0 Å². The molecule has 5 heteroatoms. The number of ketones is 1. The van der Waals surface area contributed by atoms with Gasteiger partial charge in [-0.1, -0.05) is 6.08 Å². The fourth-order valence-electron chi connectivity index (χ4n) is 0.468. The molecule has 0 saturated heterocycles. The number of aliphatic carboxylic acids is 2. The average molecular weight is 172 g/mol. The molecule has 0 aromatic rings. The first-order valence-electron chi connectivity index (χ1n) is 3.19.